The molecule has 1 aromatic heterocycles. The second-order valence-electron chi connectivity index (χ2n) is 11.7. The Labute approximate surface area is 212 Å². The molecule has 1 aromatic carbocycles. The lowest BCUT2D eigenvalue weighted by atomic mass is 9.71. The van der Waals surface area contributed by atoms with Crippen molar-refractivity contribution in [3.63, 3.8) is 0 Å². The highest BCUT2D eigenvalue weighted by molar-refractivity contribution is 6.33. The first-order valence-corrected chi connectivity index (χ1v) is 13.1. The third-order valence-electron chi connectivity index (χ3n) is 7.10. The molecule has 2 N–H and O–H groups in total. The van der Waals surface area contributed by atoms with Gasteiger partial charge in [-0.2, -0.15) is 0 Å². The van der Waals surface area contributed by atoms with Crippen LogP contribution in [0.15, 0.2) is 18.2 Å². The molecule has 2 aliphatic rings. The largest absolute Gasteiger partial charge is 0.481 e. The van der Waals surface area contributed by atoms with Gasteiger partial charge in [-0.3, -0.25) is 9.59 Å². The maximum Gasteiger partial charge on any atom is 0.303 e. The Hall–Kier alpha value is -2.41. The van der Waals surface area contributed by atoms with Crippen LogP contribution in [-0.2, 0) is 9.59 Å². The molecule has 0 bridgehead atoms. The molecule has 35 heavy (non-hydrogen) atoms. The molecule has 1 amide bonds. The maximum atomic E-state index is 13.0. The van der Waals surface area contributed by atoms with Gasteiger partial charge >= 0.3 is 5.97 Å². The van der Waals surface area contributed by atoms with Crippen LogP contribution in [0.2, 0.25) is 5.02 Å². The lowest BCUT2D eigenvalue weighted by molar-refractivity contribution is -0.137. The van der Waals surface area contributed by atoms with Crippen molar-refractivity contribution in [2.75, 3.05) is 5.32 Å². The molecule has 8 heteroatoms. The van der Waals surface area contributed by atoms with Crippen LogP contribution in [0.5, 0.6) is 0 Å². The molecule has 0 spiro atoms. The van der Waals surface area contributed by atoms with Gasteiger partial charge in [0.15, 0.2) is 0 Å². The molecule has 4 rings (SSSR count). The van der Waals surface area contributed by atoms with Gasteiger partial charge in [0.25, 0.3) is 0 Å². The van der Waals surface area contributed by atoms with Crippen molar-refractivity contribution in [1.29, 1.82) is 0 Å². The first kappa shape index (κ1) is 25.7. The van der Waals surface area contributed by atoms with Gasteiger partial charge in [0.05, 0.1) is 28.1 Å². The quantitative estimate of drug-likeness (QED) is 0.389. The first-order valence-electron chi connectivity index (χ1n) is 12.7. The summed E-state index contributed by atoms with van der Waals surface area (Å²) in [7, 11) is 0. The van der Waals surface area contributed by atoms with Gasteiger partial charge < -0.3 is 10.4 Å². The molecule has 0 radical (unpaired) electrons. The Balaban J connectivity index is 1.51. The number of carboxylic acids is 1. The van der Waals surface area contributed by atoms with Crippen LogP contribution in [0.1, 0.15) is 107 Å². The molecule has 2 saturated carbocycles. The zero-order valence-electron chi connectivity index (χ0n) is 21.2. The number of benzene rings is 1. The molecule has 2 aliphatic carbocycles. The number of carbonyl (C=O) groups is 2. The van der Waals surface area contributed by atoms with E-state index in [0.717, 1.165) is 42.6 Å². The summed E-state index contributed by atoms with van der Waals surface area (Å²) in [6.07, 6.45) is 6.07. The monoisotopic (exact) mass is 500 g/mol. The number of aliphatic carboxylic acids is 1. The van der Waals surface area contributed by atoms with Crippen molar-refractivity contribution in [3.8, 4) is 0 Å². The van der Waals surface area contributed by atoms with Crippen LogP contribution in [-0.4, -0.2) is 32.0 Å². The number of halogens is 1. The van der Waals surface area contributed by atoms with E-state index in [2.05, 4.69) is 41.1 Å². The van der Waals surface area contributed by atoms with Crippen LogP contribution >= 0.6 is 11.6 Å². The molecular weight excluding hydrogens is 464 g/mol. The van der Waals surface area contributed by atoms with E-state index in [9.17, 15) is 14.7 Å². The fourth-order valence-electron chi connectivity index (χ4n) is 5.34. The second kappa shape index (κ2) is 10.3. The Kier molecular flexibility index (Phi) is 7.55. The van der Waals surface area contributed by atoms with Crippen molar-refractivity contribution >= 4 is 29.2 Å². The highest BCUT2D eigenvalue weighted by atomic mass is 35.5. The SMILES string of the molecule is Cc1ccc(NC(=O)C[C@@H](CCC(=O)O)c2nnn([C@H]3C[C@@H](CC(C)(C)C)C3)c2C2CC2)c(Cl)c1. The lowest BCUT2D eigenvalue weighted by Gasteiger charge is -2.39. The minimum Gasteiger partial charge on any atom is -0.481 e. The molecule has 0 aliphatic heterocycles. The molecule has 0 saturated heterocycles. The average Bonchev–Trinajstić information content (AvgIpc) is 3.47. The number of carboxylic acid groups (broad SMARTS) is 1. The van der Waals surface area contributed by atoms with Gasteiger partial charge in [0.2, 0.25) is 5.91 Å². The number of hydrogen-bond donors (Lipinski definition) is 2. The number of anilines is 1. The van der Waals surface area contributed by atoms with Crippen LogP contribution in [0, 0.1) is 18.3 Å². The third-order valence-corrected chi connectivity index (χ3v) is 7.42. The predicted molar refractivity (Wildman–Crippen MR) is 137 cm³/mol. The fourth-order valence-corrected chi connectivity index (χ4v) is 5.62. The first-order chi connectivity index (χ1) is 16.5. The zero-order chi connectivity index (χ0) is 25.3. The van der Waals surface area contributed by atoms with Crippen LogP contribution in [0.25, 0.3) is 0 Å². The topological polar surface area (TPSA) is 97.1 Å². The Morgan fingerprint density at radius 1 is 1.26 bits per heavy atom. The Bertz CT molecular complexity index is 1080. The molecular formula is C27H37ClN4O3. The van der Waals surface area contributed by atoms with Crippen molar-refractivity contribution in [3.05, 3.63) is 40.2 Å². The third kappa shape index (κ3) is 6.63. The number of aromatic nitrogens is 3. The van der Waals surface area contributed by atoms with Gasteiger partial charge in [0, 0.05) is 24.7 Å². The van der Waals surface area contributed by atoms with Crippen LogP contribution in [0.4, 0.5) is 5.69 Å². The van der Waals surface area contributed by atoms with Crippen molar-refractivity contribution in [2.45, 2.75) is 96.9 Å². The van der Waals surface area contributed by atoms with E-state index in [1.165, 1.54) is 6.42 Å². The standard InChI is InChI=1S/C27H37ClN4O3/c1-16-5-9-22(21(28)11-16)29-23(33)14-19(8-10-24(34)35)25-26(18-6-7-18)32(31-30-25)20-12-17(13-20)15-27(2,3)4/h5,9,11,17-20H,6-8,10,12-15H2,1-4H3,(H,29,33)(H,34,35)/t17-,19-,20+/m1/s1. The van der Waals surface area contributed by atoms with Gasteiger partial charge in [0.1, 0.15) is 0 Å². The molecule has 1 atom stereocenters. The van der Waals surface area contributed by atoms with E-state index in [0.29, 0.717) is 40.4 Å². The van der Waals surface area contributed by atoms with E-state index < -0.39 is 5.97 Å². The Morgan fingerprint density at radius 2 is 1.97 bits per heavy atom. The highest BCUT2D eigenvalue weighted by Gasteiger charge is 2.40. The van der Waals surface area contributed by atoms with E-state index in [1.807, 2.05) is 13.0 Å². The van der Waals surface area contributed by atoms with E-state index >= 15 is 0 Å². The summed E-state index contributed by atoms with van der Waals surface area (Å²) in [5, 5.41) is 21.8. The minimum atomic E-state index is -0.874. The van der Waals surface area contributed by atoms with E-state index in [4.69, 9.17) is 11.6 Å². The Morgan fingerprint density at radius 3 is 2.57 bits per heavy atom. The summed E-state index contributed by atoms with van der Waals surface area (Å²) in [4.78, 5) is 24.4. The number of aryl methyl sites for hydroxylation is 1. The van der Waals surface area contributed by atoms with Gasteiger partial charge in [-0.05, 0) is 74.5 Å². The molecule has 2 fully saturated rings. The number of rotatable bonds is 10. The fraction of sp³-hybridized carbons (Fsp3) is 0.630. The minimum absolute atomic E-state index is 0.0166. The van der Waals surface area contributed by atoms with Crippen LogP contribution in [0.3, 0.4) is 0 Å². The summed E-state index contributed by atoms with van der Waals surface area (Å²) in [5.41, 5.74) is 3.82. The number of hydrogen-bond acceptors (Lipinski definition) is 4. The number of carbonyl (C=O) groups excluding carboxylic acids is 1. The van der Waals surface area contributed by atoms with Gasteiger partial charge in [-0.15, -0.1) is 5.10 Å². The number of nitrogens with one attached hydrogen (secondary N) is 1. The molecule has 190 valence electrons. The van der Waals surface area contributed by atoms with Crippen molar-refractivity contribution in [2.24, 2.45) is 11.3 Å². The van der Waals surface area contributed by atoms with Crippen molar-refractivity contribution in [1.82, 2.24) is 15.0 Å². The molecule has 2 aromatic rings. The summed E-state index contributed by atoms with van der Waals surface area (Å²) >= 11 is 6.30. The lowest BCUT2D eigenvalue weighted by Crippen LogP contribution is -2.31. The number of amides is 1. The summed E-state index contributed by atoms with van der Waals surface area (Å²) in [5.74, 6) is -0.265. The predicted octanol–water partition coefficient (Wildman–Crippen LogP) is 6.48. The number of nitrogens with zero attached hydrogens (tertiary/aromatic N) is 3. The van der Waals surface area contributed by atoms with Gasteiger partial charge in [-0.1, -0.05) is 43.7 Å². The zero-order valence-corrected chi connectivity index (χ0v) is 21.9. The normalized spacial score (nSPS) is 20.8. The van der Waals surface area contributed by atoms with Crippen LogP contribution < -0.4 is 5.32 Å². The second-order valence-corrected chi connectivity index (χ2v) is 12.1. The smallest absolute Gasteiger partial charge is 0.303 e. The molecule has 0 unspecified atom stereocenters. The average molecular weight is 501 g/mol. The van der Waals surface area contributed by atoms with E-state index in [-0.39, 0.29) is 24.7 Å². The summed E-state index contributed by atoms with van der Waals surface area (Å²) in [6.45, 7) is 8.79. The van der Waals surface area contributed by atoms with Gasteiger partial charge in [-0.25, -0.2) is 4.68 Å². The molecule has 1 heterocycles. The maximum absolute atomic E-state index is 13.0. The summed E-state index contributed by atoms with van der Waals surface area (Å²) < 4.78 is 2.11. The highest BCUT2D eigenvalue weighted by Crippen LogP contribution is 2.49. The summed E-state index contributed by atoms with van der Waals surface area (Å²) in [6, 6.07) is 5.84. The van der Waals surface area contributed by atoms with Crippen molar-refractivity contribution < 1.29 is 14.7 Å². The molecule has 7 nitrogen and oxygen atoms in total. The van der Waals surface area contributed by atoms with E-state index in [1.54, 1.807) is 12.1 Å².